The minimum absolute atomic E-state index is 0.114. The maximum atomic E-state index is 12.4. The van der Waals surface area contributed by atoms with Crippen LogP contribution in [0.4, 0.5) is 4.79 Å². The molecule has 0 aromatic heterocycles. The number of fused-ring (bicyclic) bond motifs is 1. The molecule has 0 bridgehead atoms. The summed E-state index contributed by atoms with van der Waals surface area (Å²) in [5.41, 5.74) is 0.288. The van der Waals surface area contributed by atoms with Crippen molar-refractivity contribution in [1.29, 1.82) is 0 Å². The van der Waals surface area contributed by atoms with E-state index in [1.165, 1.54) is 0 Å². The maximum absolute atomic E-state index is 12.4. The summed E-state index contributed by atoms with van der Waals surface area (Å²) in [7, 11) is 0. The van der Waals surface area contributed by atoms with E-state index in [0.29, 0.717) is 37.2 Å². The highest BCUT2D eigenvalue weighted by Gasteiger charge is 2.21. The summed E-state index contributed by atoms with van der Waals surface area (Å²) in [6, 6.07) is 5.32. The van der Waals surface area contributed by atoms with Crippen molar-refractivity contribution in [3.05, 3.63) is 23.8 Å². The smallest absolute Gasteiger partial charge is 0.407 e. The molecule has 0 aliphatic carbocycles. The van der Waals surface area contributed by atoms with Gasteiger partial charge >= 0.3 is 6.09 Å². The molecule has 156 valence electrons. The second kappa shape index (κ2) is 9.66. The molecule has 1 heterocycles. The summed E-state index contributed by atoms with van der Waals surface area (Å²) in [6.45, 7) is 11.0. The number of amides is 2. The Hall–Kier alpha value is -2.44. The molecule has 7 heteroatoms. The number of nitrogens with one attached hydrogen (secondary N) is 2. The molecule has 2 N–H and O–H groups in total. The van der Waals surface area contributed by atoms with Gasteiger partial charge in [-0.3, -0.25) is 4.79 Å². The van der Waals surface area contributed by atoms with Crippen molar-refractivity contribution in [3.8, 4) is 11.5 Å². The Kier molecular flexibility index (Phi) is 7.54. The van der Waals surface area contributed by atoms with Gasteiger partial charge in [0.15, 0.2) is 11.5 Å². The van der Waals surface area contributed by atoms with Crippen LogP contribution in [0.15, 0.2) is 18.2 Å². The van der Waals surface area contributed by atoms with Gasteiger partial charge in [0.1, 0.15) is 18.8 Å². The summed E-state index contributed by atoms with van der Waals surface area (Å²) in [6.07, 6.45) is 0.500. The van der Waals surface area contributed by atoms with Crippen molar-refractivity contribution in [2.45, 2.75) is 59.1 Å². The molecule has 1 unspecified atom stereocenters. The zero-order chi connectivity index (χ0) is 20.7. The van der Waals surface area contributed by atoms with Crippen molar-refractivity contribution in [2.75, 3.05) is 19.8 Å². The molecular weight excluding hydrogens is 360 g/mol. The Balaban J connectivity index is 1.87. The van der Waals surface area contributed by atoms with Crippen molar-refractivity contribution in [2.24, 2.45) is 5.92 Å². The van der Waals surface area contributed by atoms with Crippen LogP contribution in [-0.4, -0.2) is 43.4 Å². The third kappa shape index (κ3) is 7.66. The first-order valence-corrected chi connectivity index (χ1v) is 9.77. The van der Waals surface area contributed by atoms with Gasteiger partial charge in [0, 0.05) is 12.6 Å². The van der Waals surface area contributed by atoms with E-state index in [0.717, 1.165) is 12.0 Å². The maximum Gasteiger partial charge on any atom is 0.407 e. The normalized spacial score (nSPS) is 14.4. The van der Waals surface area contributed by atoms with Gasteiger partial charge in [0.05, 0.1) is 6.42 Å². The summed E-state index contributed by atoms with van der Waals surface area (Å²) < 4.78 is 16.4. The summed E-state index contributed by atoms with van der Waals surface area (Å²) in [5.74, 6) is 1.63. The quantitative estimate of drug-likeness (QED) is 0.745. The van der Waals surface area contributed by atoms with Crippen molar-refractivity contribution >= 4 is 12.0 Å². The van der Waals surface area contributed by atoms with E-state index in [-0.39, 0.29) is 18.4 Å². The van der Waals surface area contributed by atoms with Gasteiger partial charge in [-0.05, 0) is 50.8 Å². The lowest BCUT2D eigenvalue weighted by Crippen LogP contribution is -2.46. The first-order valence-electron chi connectivity index (χ1n) is 9.77. The first-order chi connectivity index (χ1) is 13.1. The number of rotatable bonds is 7. The fourth-order valence-corrected chi connectivity index (χ4v) is 2.92. The van der Waals surface area contributed by atoms with Crippen LogP contribution in [0, 0.1) is 5.92 Å². The van der Waals surface area contributed by atoms with E-state index in [1.807, 2.05) is 39.0 Å². The highest BCUT2D eigenvalue weighted by molar-refractivity contribution is 5.79. The van der Waals surface area contributed by atoms with Crippen molar-refractivity contribution < 1.29 is 23.8 Å². The van der Waals surface area contributed by atoms with Gasteiger partial charge in [-0.1, -0.05) is 19.9 Å². The second-order valence-electron chi connectivity index (χ2n) is 8.43. The number of benzene rings is 1. The van der Waals surface area contributed by atoms with Gasteiger partial charge in [-0.25, -0.2) is 4.79 Å². The van der Waals surface area contributed by atoms with E-state index < -0.39 is 11.7 Å². The van der Waals surface area contributed by atoms with Crippen LogP contribution in [0.5, 0.6) is 11.5 Å². The molecule has 0 saturated carbocycles. The summed E-state index contributed by atoms with van der Waals surface area (Å²) in [5, 5.41) is 5.76. The Labute approximate surface area is 167 Å². The van der Waals surface area contributed by atoms with E-state index >= 15 is 0 Å². The molecule has 2 rings (SSSR count). The Morgan fingerprint density at radius 1 is 1.14 bits per heavy atom. The number of carbonyl (C=O) groups is 2. The number of hydrogen-bond acceptors (Lipinski definition) is 5. The van der Waals surface area contributed by atoms with E-state index in [1.54, 1.807) is 0 Å². The molecule has 1 aliphatic rings. The van der Waals surface area contributed by atoms with Crippen LogP contribution >= 0.6 is 0 Å². The van der Waals surface area contributed by atoms with Crippen LogP contribution in [0.2, 0.25) is 0 Å². The van der Waals surface area contributed by atoms with Gasteiger partial charge in [-0.15, -0.1) is 0 Å². The minimum Gasteiger partial charge on any atom is -0.486 e. The van der Waals surface area contributed by atoms with Crippen molar-refractivity contribution in [1.82, 2.24) is 10.6 Å². The summed E-state index contributed by atoms with van der Waals surface area (Å²) >= 11 is 0. The van der Waals surface area contributed by atoms with Crippen LogP contribution in [0.3, 0.4) is 0 Å². The minimum atomic E-state index is -0.562. The third-order valence-corrected chi connectivity index (χ3v) is 3.99. The topological polar surface area (TPSA) is 85.9 Å². The zero-order valence-corrected chi connectivity index (χ0v) is 17.5. The first kappa shape index (κ1) is 21.9. The molecule has 0 fully saturated rings. The molecular formula is C21H32N2O5. The lowest BCUT2D eigenvalue weighted by Gasteiger charge is -2.25. The molecule has 1 aliphatic heterocycles. The van der Waals surface area contributed by atoms with Gasteiger partial charge in [0.2, 0.25) is 5.91 Å². The zero-order valence-electron chi connectivity index (χ0n) is 17.5. The van der Waals surface area contributed by atoms with E-state index in [2.05, 4.69) is 24.5 Å². The van der Waals surface area contributed by atoms with Gasteiger partial charge in [-0.2, -0.15) is 0 Å². The number of ether oxygens (including phenoxy) is 3. The fraction of sp³-hybridized carbons (Fsp3) is 0.619. The largest absolute Gasteiger partial charge is 0.486 e. The SMILES string of the molecule is CC(C)CC(CNC(=O)Cc1ccc2c(c1)OCCO2)NC(=O)OC(C)(C)C. The van der Waals surface area contributed by atoms with Gasteiger partial charge < -0.3 is 24.8 Å². The van der Waals surface area contributed by atoms with Crippen LogP contribution in [0.1, 0.15) is 46.6 Å². The molecule has 1 aromatic carbocycles. The highest BCUT2D eigenvalue weighted by Crippen LogP contribution is 2.30. The molecule has 0 spiro atoms. The Morgan fingerprint density at radius 2 is 1.82 bits per heavy atom. The molecule has 28 heavy (non-hydrogen) atoms. The average Bonchev–Trinajstić information content (AvgIpc) is 2.57. The molecule has 7 nitrogen and oxygen atoms in total. The number of hydrogen-bond donors (Lipinski definition) is 2. The third-order valence-electron chi connectivity index (χ3n) is 3.99. The fourth-order valence-electron chi connectivity index (χ4n) is 2.92. The lowest BCUT2D eigenvalue weighted by atomic mass is 10.0. The number of alkyl carbamates (subject to hydrolysis) is 1. The average molecular weight is 392 g/mol. The summed E-state index contributed by atoms with van der Waals surface area (Å²) in [4.78, 5) is 24.4. The van der Waals surface area contributed by atoms with Crippen LogP contribution in [0.25, 0.3) is 0 Å². The molecule has 0 radical (unpaired) electrons. The Morgan fingerprint density at radius 3 is 2.46 bits per heavy atom. The predicted octanol–water partition coefficient (Wildman–Crippen LogP) is 3.06. The Bertz CT molecular complexity index is 682. The standard InChI is InChI=1S/C21H32N2O5/c1-14(2)10-16(23-20(25)28-21(3,4)5)13-22-19(24)12-15-6-7-17-18(11-15)27-9-8-26-17/h6-7,11,14,16H,8-10,12-13H2,1-5H3,(H,22,24)(H,23,25). The van der Waals surface area contributed by atoms with Crippen molar-refractivity contribution in [3.63, 3.8) is 0 Å². The number of carbonyl (C=O) groups excluding carboxylic acids is 2. The van der Waals surface area contributed by atoms with Crippen LogP contribution in [-0.2, 0) is 16.0 Å². The van der Waals surface area contributed by atoms with Crippen LogP contribution < -0.4 is 20.1 Å². The highest BCUT2D eigenvalue weighted by atomic mass is 16.6. The molecule has 1 aromatic rings. The monoisotopic (exact) mass is 392 g/mol. The van der Waals surface area contributed by atoms with Gasteiger partial charge in [0.25, 0.3) is 0 Å². The molecule has 1 atom stereocenters. The second-order valence-corrected chi connectivity index (χ2v) is 8.43. The molecule has 2 amide bonds. The van der Waals surface area contributed by atoms with E-state index in [4.69, 9.17) is 14.2 Å². The van der Waals surface area contributed by atoms with E-state index in [9.17, 15) is 9.59 Å². The molecule has 0 saturated heterocycles. The lowest BCUT2D eigenvalue weighted by molar-refractivity contribution is -0.120. The predicted molar refractivity (Wildman–Crippen MR) is 107 cm³/mol.